The van der Waals surface area contributed by atoms with Crippen LogP contribution < -0.4 is 11.1 Å². The first-order chi connectivity index (χ1) is 9.97. The van der Waals surface area contributed by atoms with Crippen molar-refractivity contribution in [3.8, 4) is 0 Å². The van der Waals surface area contributed by atoms with E-state index in [1.165, 1.54) is 5.56 Å². The third-order valence-corrected chi connectivity index (χ3v) is 4.19. The number of halogens is 2. The smallest absolute Gasteiger partial charge is 0.248 e. The van der Waals surface area contributed by atoms with Crippen LogP contribution in [0.25, 0.3) is 0 Å². The van der Waals surface area contributed by atoms with E-state index in [0.29, 0.717) is 17.1 Å². The molecule has 0 bridgehead atoms. The summed E-state index contributed by atoms with van der Waals surface area (Å²) in [6.07, 6.45) is 0. The number of rotatable bonds is 5. The van der Waals surface area contributed by atoms with Gasteiger partial charge in [-0.1, -0.05) is 45.7 Å². The van der Waals surface area contributed by atoms with Crippen LogP contribution in [0, 0.1) is 0 Å². The molecule has 0 spiro atoms. The lowest BCUT2D eigenvalue weighted by atomic mass is 10.1. The number of amides is 1. The molecule has 0 heterocycles. The summed E-state index contributed by atoms with van der Waals surface area (Å²) in [4.78, 5) is 11.1. The highest BCUT2D eigenvalue weighted by atomic mass is 79.9. The predicted molar refractivity (Wildman–Crippen MR) is 89.4 cm³/mol. The van der Waals surface area contributed by atoms with Gasteiger partial charge in [-0.25, -0.2) is 0 Å². The highest BCUT2D eigenvalue weighted by Crippen LogP contribution is 2.20. The van der Waals surface area contributed by atoms with Gasteiger partial charge in [-0.3, -0.25) is 4.79 Å². The van der Waals surface area contributed by atoms with Crippen molar-refractivity contribution in [2.24, 2.45) is 5.73 Å². The fourth-order valence-electron chi connectivity index (χ4n) is 1.98. The molecule has 0 saturated carbocycles. The van der Waals surface area contributed by atoms with Gasteiger partial charge in [0.15, 0.2) is 0 Å². The molecule has 2 rings (SSSR count). The standard InChI is InChI=1S/C16H16BrClN2O/c1-10(11-4-6-14(17)7-5-11)20-9-13-3-2-12(16(19)21)8-15(13)18/h2-8,10,20H,9H2,1H3,(H2,19,21)/t10-/m0/s1. The highest BCUT2D eigenvalue weighted by molar-refractivity contribution is 9.10. The molecule has 2 aromatic carbocycles. The van der Waals surface area contributed by atoms with Crippen LogP contribution in [-0.4, -0.2) is 5.91 Å². The lowest BCUT2D eigenvalue weighted by Gasteiger charge is -2.15. The molecule has 3 nitrogen and oxygen atoms in total. The number of primary amides is 1. The molecule has 0 aromatic heterocycles. The molecule has 110 valence electrons. The van der Waals surface area contributed by atoms with Crippen LogP contribution in [0.1, 0.15) is 34.5 Å². The summed E-state index contributed by atoms with van der Waals surface area (Å²) in [5.74, 6) is -0.473. The SMILES string of the molecule is C[C@H](NCc1ccc(C(N)=O)cc1Cl)c1ccc(Br)cc1. The number of benzene rings is 2. The number of carbonyl (C=O) groups excluding carboxylic acids is 1. The Morgan fingerprint density at radius 1 is 1.29 bits per heavy atom. The van der Waals surface area contributed by atoms with Gasteiger partial charge < -0.3 is 11.1 Å². The molecule has 1 amide bonds. The van der Waals surface area contributed by atoms with Gasteiger partial charge >= 0.3 is 0 Å². The van der Waals surface area contributed by atoms with Gasteiger partial charge in [-0.05, 0) is 42.3 Å². The van der Waals surface area contributed by atoms with E-state index in [0.717, 1.165) is 10.0 Å². The van der Waals surface area contributed by atoms with Crippen molar-refractivity contribution in [3.63, 3.8) is 0 Å². The Hall–Kier alpha value is -1.36. The van der Waals surface area contributed by atoms with Crippen molar-refractivity contribution in [3.05, 3.63) is 68.7 Å². The molecule has 1 atom stereocenters. The molecule has 2 aromatic rings. The molecular formula is C16H16BrClN2O. The average molecular weight is 368 g/mol. The molecular weight excluding hydrogens is 352 g/mol. The molecule has 0 aliphatic heterocycles. The van der Waals surface area contributed by atoms with E-state index in [1.54, 1.807) is 12.1 Å². The minimum absolute atomic E-state index is 0.199. The highest BCUT2D eigenvalue weighted by Gasteiger charge is 2.08. The van der Waals surface area contributed by atoms with Gasteiger partial charge in [0.1, 0.15) is 0 Å². The fraction of sp³-hybridized carbons (Fsp3) is 0.188. The Kier molecular flexibility index (Phi) is 5.39. The second kappa shape index (κ2) is 7.07. The van der Waals surface area contributed by atoms with Crippen LogP contribution in [-0.2, 0) is 6.54 Å². The largest absolute Gasteiger partial charge is 0.366 e. The van der Waals surface area contributed by atoms with Gasteiger partial charge in [0.05, 0.1) is 0 Å². The van der Waals surface area contributed by atoms with Crippen molar-refractivity contribution < 1.29 is 4.79 Å². The number of nitrogens with two attached hydrogens (primary N) is 1. The second-order valence-electron chi connectivity index (χ2n) is 4.82. The molecule has 0 aliphatic rings. The van der Waals surface area contributed by atoms with Gasteiger partial charge in [0.25, 0.3) is 0 Å². The summed E-state index contributed by atoms with van der Waals surface area (Å²) in [5, 5.41) is 3.95. The molecule has 5 heteroatoms. The first-order valence-corrected chi connectivity index (χ1v) is 7.71. The van der Waals surface area contributed by atoms with Gasteiger partial charge in [0.2, 0.25) is 5.91 Å². The maximum Gasteiger partial charge on any atom is 0.248 e. The van der Waals surface area contributed by atoms with Crippen molar-refractivity contribution in [1.29, 1.82) is 0 Å². The molecule has 21 heavy (non-hydrogen) atoms. The van der Waals surface area contributed by atoms with Crippen LogP contribution >= 0.6 is 27.5 Å². The van der Waals surface area contributed by atoms with Gasteiger partial charge in [-0.2, -0.15) is 0 Å². The third-order valence-electron chi connectivity index (χ3n) is 3.31. The van der Waals surface area contributed by atoms with Gasteiger partial charge in [0, 0.05) is 27.6 Å². The Labute approximate surface area is 137 Å². The summed E-state index contributed by atoms with van der Waals surface area (Å²) >= 11 is 9.59. The average Bonchev–Trinajstić information content (AvgIpc) is 2.46. The lowest BCUT2D eigenvalue weighted by molar-refractivity contribution is 0.100. The van der Waals surface area contributed by atoms with Crippen LogP contribution in [0.4, 0.5) is 0 Å². The normalized spacial score (nSPS) is 12.1. The summed E-state index contributed by atoms with van der Waals surface area (Å²) < 4.78 is 1.06. The maximum atomic E-state index is 11.1. The maximum absolute atomic E-state index is 11.1. The Morgan fingerprint density at radius 3 is 2.52 bits per heavy atom. The van der Waals surface area contributed by atoms with Crippen molar-refractivity contribution in [2.45, 2.75) is 19.5 Å². The summed E-state index contributed by atoms with van der Waals surface area (Å²) in [5.41, 5.74) is 7.78. The first kappa shape index (κ1) is 16.0. The van der Waals surface area contributed by atoms with Gasteiger partial charge in [-0.15, -0.1) is 0 Å². The lowest BCUT2D eigenvalue weighted by Crippen LogP contribution is -2.18. The fourth-order valence-corrected chi connectivity index (χ4v) is 2.49. The van der Waals surface area contributed by atoms with Crippen LogP contribution in [0.2, 0.25) is 5.02 Å². The molecule has 0 unspecified atom stereocenters. The summed E-state index contributed by atoms with van der Waals surface area (Å²) in [7, 11) is 0. The number of hydrogen-bond donors (Lipinski definition) is 2. The molecule has 0 fully saturated rings. The minimum atomic E-state index is -0.473. The number of nitrogens with one attached hydrogen (secondary N) is 1. The summed E-state index contributed by atoms with van der Waals surface area (Å²) in [6, 6.07) is 13.5. The minimum Gasteiger partial charge on any atom is -0.366 e. The predicted octanol–water partition coefficient (Wildman–Crippen LogP) is 4.05. The van der Waals surface area contributed by atoms with E-state index in [4.69, 9.17) is 17.3 Å². The number of carbonyl (C=O) groups is 1. The van der Waals surface area contributed by atoms with Crippen LogP contribution in [0.5, 0.6) is 0 Å². The van der Waals surface area contributed by atoms with E-state index in [1.807, 2.05) is 18.2 Å². The molecule has 0 radical (unpaired) electrons. The molecule has 0 aliphatic carbocycles. The zero-order valence-electron chi connectivity index (χ0n) is 11.6. The Morgan fingerprint density at radius 2 is 1.95 bits per heavy atom. The third kappa shape index (κ3) is 4.30. The zero-order chi connectivity index (χ0) is 15.4. The van der Waals surface area contributed by atoms with Crippen molar-refractivity contribution in [2.75, 3.05) is 0 Å². The monoisotopic (exact) mass is 366 g/mol. The van der Waals surface area contributed by atoms with E-state index >= 15 is 0 Å². The number of hydrogen-bond acceptors (Lipinski definition) is 2. The van der Waals surface area contributed by atoms with Crippen molar-refractivity contribution in [1.82, 2.24) is 5.32 Å². The Balaban J connectivity index is 2.02. The molecule has 3 N–H and O–H groups in total. The first-order valence-electron chi connectivity index (χ1n) is 6.54. The van der Waals surface area contributed by atoms with E-state index < -0.39 is 5.91 Å². The van der Waals surface area contributed by atoms with Crippen LogP contribution in [0.3, 0.4) is 0 Å². The van der Waals surface area contributed by atoms with E-state index in [2.05, 4.69) is 40.3 Å². The second-order valence-corrected chi connectivity index (χ2v) is 6.15. The molecule has 0 saturated heterocycles. The zero-order valence-corrected chi connectivity index (χ0v) is 13.9. The van der Waals surface area contributed by atoms with Crippen LogP contribution in [0.15, 0.2) is 46.9 Å². The van der Waals surface area contributed by atoms with E-state index in [-0.39, 0.29) is 6.04 Å². The topological polar surface area (TPSA) is 55.1 Å². The summed E-state index contributed by atoms with van der Waals surface area (Å²) in [6.45, 7) is 2.71. The van der Waals surface area contributed by atoms with E-state index in [9.17, 15) is 4.79 Å². The quantitative estimate of drug-likeness (QED) is 0.837. The van der Waals surface area contributed by atoms with Crippen molar-refractivity contribution >= 4 is 33.4 Å². The Bertz CT molecular complexity index is 643.